The van der Waals surface area contributed by atoms with E-state index in [1.165, 1.54) is 0 Å². The third-order valence-electron chi connectivity index (χ3n) is 6.44. The minimum Gasteiger partial charge on any atom is -0.445 e. The minimum atomic E-state index is -3.96. The van der Waals surface area contributed by atoms with Crippen molar-refractivity contribution < 1.29 is 23.1 Å². The number of carbonyl (C=O) groups is 1. The van der Waals surface area contributed by atoms with Crippen molar-refractivity contribution in [2.45, 2.75) is 38.1 Å². The fourth-order valence-electron chi connectivity index (χ4n) is 4.47. The molecule has 0 radical (unpaired) electrons. The highest BCUT2D eigenvalue weighted by Crippen LogP contribution is 2.56. The maximum atomic E-state index is 14.6. The highest BCUT2D eigenvalue weighted by Gasteiger charge is 2.46. The molecule has 0 saturated heterocycles. The van der Waals surface area contributed by atoms with Gasteiger partial charge in [0.05, 0.1) is 0 Å². The van der Waals surface area contributed by atoms with Crippen LogP contribution in [0.25, 0.3) is 0 Å². The van der Waals surface area contributed by atoms with Crippen LogP contribution < -0.4 is 20.1 Å². The Labute approximate surface area is 212 Å². The molecule has 0 bridgehead atoms. The Morgan fingerprint density at radius 3 is 1.83 bits per heavy atom. The van der Waals surface area contributed by atoms with E-state index in [0.717, 1.165) is 31.2 Å². The van der Waals surface area contributed by atoms with E-state index >= 15 is 0 Å². The van der Waals surface area contributed by atoms with Crippen molar-refractivity contribution in [3.8, 4) is 11.5 Å². The number of amides is 1. The van der Waals surface area contributed by atoms with Crippen molar-refractivity contribution in [1.82, 2.24) is 5.32 Å². The average molecular weight is 509 g/mol. The van der Waals surface area contributed by atoms with Crippen LogP contribution in [-0.2, 0) is 15.9 Å². The molecule has 1 aliphatic carbocycles. The number of nitrogens with one attached hydrogen (secondary N) is 1. The summed E-state index contributed by atoms with van der Waals surface area (Å²) in [5.41, 5.74) is 6.75. The Kier molecular flexibility index (Phi) is 9.04. The molecule has 1 amide bonds. The molecule has 4 rings (SSSR count). The first-order valence-electron chi connectivity index (χ1n) is 12.3. The summed E-state index contributed by atoms with van der Waals surface area (Å²) in [6, 6.07) is 27.2. The Bertz CT molecular complexity index is 1080. The maximum absolute atomic E-state index is 14.6. The molecule has 3 aromatic carbocycles. The van der Waals surface area contributed by atoms with Crippen LogP contribution in [0.5, 0.6) is 11.5 Å². The number of rotatable bonds is 10. The average Bonchev–Trinajstić information content (AvgIpc) is 2.92. The molecule has 0 aliphatic heterocycles. The number of benzene rings is 3. The summed E-state index contributed by atoms with van der Waals surface area (Å²) in [5.74, 6) is 0.181. The van der Waals surface area contributed by atoms with Crippen molar-refractivity contribution in [1.29, 1.82) is 0 Å². The highest BCUT2D eigenvalue weighted by atomic mass is 31.2. The number of carbonyl (C=O) groups excluding carboxylic acids is 1. The normalized spacial score (nSPS) is 18.6. The molecule has 1 unspecified atom stereocenters. The van der Waals surface area contributed by atoms with Crippen molar-refractivity contribution in [3.05, 3.63) is 96.6 Å². The number of alkyl carbamates (subject to hydrolysis) is 1. The van der Waals surface area contributed by atoms with Gasteiger partial charge < -0.3 is 24.8 Å². The predicted octanol–water partition coefficient (Wildman–Crippen LogP) is 6.36. The van der Waals surface area contributed by atoms with E-state index in [4.69, 9.17) is 19.5 Å². The first-order chi connectivity index (χ1) is 17.6. The molecule has 7 nitrogen and oxygen atoms in total. The fraction of sp³-hybridized carbons (Fsp3) is 0.321. The summed E-state index contributed by atoms with van der Waals surface area (Å²) in [7, 11) is -3.96. The van der Waals surface area contributed by atoms with Gasteiger partial charge in [-0.3, -0.25) is 0 Å². The van der Waals surface area contributed by atoms with E-state index in [0.29, 0.717) is 24.0 Å². The zero-order valence-corrected chi connectivity index (χ0v) is 21.1. The molecule has 1 fully saturated rings. The molecule has 190 valence electrons. The van der Waals surface area contributed by atoms with E-state index in [9.17, 15) is 9.36 Å². The summed E-state index contributed by atoms with van der Waals surface area (Å²) in [6.45, 7) is 0.714. The van der Waals surface area contributed by atoms with Crippen molar-refractivity contribution in [2.24, 2.45) is 17.6 Å². The van der Waals surface area contributed by atoms with E-state index in [-0.39, 0.29) is 12.5 Å². The van der Waals surface area contributed by atoms with Crippen LogP contribution in [0.2, 0.25) is 0 Å². The van der Waals surface area contributed by atoms with Crippen LogP contribution in [0, 0.1) is 11.8 Å². The minimum absolute atomic E-state index is 0.0999. The van der Waals surface area contributed by atoms with E-state index in [2.05, 4.69) is 5.32 Å². The Morgan fingerprint density at radius 2 is 1.33 bits per heavy atom. The SMILES string of the molecule is NCC1CCC(C(NC(=O)OCc2ccccc2)P(=O)(Oc2ccccc2)Oc2ccccc2)CC1. The summed E-state index contributed by atoms with van der Waals surface area (Å²) < 4.78 is 32.2. The first kappa shape index (κ1) is 25.8. The smallest absolute Gasteiger partial charge is 0.445 e. The van der Waals surface area contributed by atoms with Crippen LogP contribution in [0.1, 0.15) is 31.2 Å². The van der Waals surface area contributed by atoms with E-state index in [1.807, 2.05) is 42.5 Å². The third-order valence-corrected chi connectivity index (χ3v) is 8.60. The van der Waals surface area contributed by atoms with Crippen LogP contribution in [-0.4, -0.2) is 18.4 Å². The maximum Gasteiger partial charge on any atom is 0.453 e. The molecular formula is C28H33N2O5P. The van der Waals surface area contributed by atoms with Crippen molar-refractivity contribution in [3.63, 3.8) is 0 Å². The summed E-state index contributed by atoms with van der Waals surface area (Å²) in [5, 5.41) is 2.87. The van der Waals surface area contributed by atoms with Crippen molar-refractivity contribution >= 4 is 13.7 Å². The molecule has 8 heteroatoms. The zero-order chi connectivity index (χ0) is 25.2. The highest BCUT2D eigenvalue weighted by molar-refractivity contribution is 7.55. The quantitative estimate of drug-likeness (QED) is 0.309. The van der Waals surface area contributed by atoms with Crippen LogP contribution >= 0.6 is 7.60 Å². The van der Waals surface area contributed by atoms with Gasteiger partial charge in [-0.25, -0.2) is 9.36 Å². The number of hydrogen-bond acceptors (Lipinski definition) is 6. The summed E-state index contributed by atoms with van der Waals surface area (Å²) in [6.07, 6.45) is 2.58. The number of hydrogen-bond donors (Lipinski definition) is 2. The first-order valence-corrected chi connectivity index (χ1v) is 13.9. The Morgan fingerprint density at radius 1 is 0.833 bits per heavy atom. The summed E-state index contributed by atoms with van der Waals surface area (Å²) >= 11 is 0. The predicted molar refractivity (Wildman–Crippen MR) is 140 cm³/mol. The van der Waals surface area contributed by atoms with Crippen LogP contribution in [0.4, 0.5) is 4.79 Å². The van der Waals surface area contributed by atoms with Gasteiger partial charge in [-0.15, -0.1) is 0 Å². The summed E-state index contributed by atoms with van der Waals surface area (Å²) in [4.78, 5) is 13.0. The topological polar surface area (TPSA) is 99.9 Å². The lowest BCUT2D eigenvalue weighted by Crippen LogP contribution is -2.44. The molecular weight excluding hydrogens is 475 g/mol. The van der Waals surface area contributed by atoms with E-state index < -0.39 is 19.5 Å². The van der Waals surface area contributed by atoms with Gasteiger partial charge >= 0.3 is 13.7 Å². The van der Waals surface area contributed by atoms with Crippen LogP contribution in [0.15, 0.2) is 91.0 Å². The lowest BCUT2D eigenvalue weighted by Gasteiger charge is -2.36. The molecule has 36 heavy (non-hydrogen) atoms. The second-order valence-electron chi connectivity index (χ2n) is 9.02. The van der Waals surface area contributed by atoms with E-state index in [1.54, 1.807) is 48.5 Å². The second kappa shape index (κ2) is 12.6. The van der Waals surface area contributed by atoms with Gasteiger partial charge in [0.15, 0.2) is 5.78 Å². The molecule has 0 heterocycles. The second-order valence-corrected chi connectivity index (χ2v) is 11.0. The van der Waals surface area contributed by atoms with Crippen LogP contribution in [0.3, 0.4) is 0 Å². The molecule has 0 spiro atoms. The molecule has 3 N–H and O–H groups in total. The lowest BCUT2D eigenvalue weighted by atomic mass is 9.82. The van der Waals surface area contributed by atoms with Gasteiger partial charge in [-0.1, -0.05) is 66.7 Å². The molecule has 1 aliphatic rings. The third kappa shape index (κ3) is 7.12. The van der Waals surface area contributed by atoms with Gasteiger partial charge in [0, 0.05) is 0 Å². The van der Waals surface area contributed by atoms with Gasteiger partial charge in [0.25, 0.3) is 0 Å². The monoisotopic (exact) mass is 508 g/mol. The largest absolute Gasteiger partial charge is 0.453 e. The van der Waals surface area contributed by atoms with Gasteiger partial charge in [0.2, 0.25) is 0 Å². The standard InChI is InChI=1S/C28H33N2O5P/c29-20-22-16-18-24(19-17-22)27(30-28(31)33-21-23-10-4-1-5-11-23)36(32,34-25-12-6-2-7-13-25)35-26-14-8-3-9-15-26/h1-15,22,24,27H,16-21,29H2,(H,30,31). The van der Waals surface area contributed by atoms with Crippen molar-refractivity contribution in [2.75, 3.05) is 6.54 Å². The lowest BCUT2D eigenvalue weighted by molar-refractivity contribution is 0.131. The fourth-order valence-corrected chi connectivity index (χ4v) is 6.64. The Balaban J connectivity index is 1.60. The molecule has 3 aromatic rings. The van der Waals surface area contributed by atoms with Gasteiger partial charge in [-0.2, -0.15) is 0 Å². The Hall–Kier alpha value is -3.28. The molecule has 0 aromatic heterocycles. The molecule has 1 atom stereocenters. The van der Waals surface area contributed by atoms with Gasteiger partial charge in [0.1, 0.15) is 18.1 Å². The van der Waals surface area contributed by atoms with Gasteiger partial charge in [-0.05, 0) is 73.9 Å². The number of nitrogens with two attached hydrogens (primary N) is 1. The molecule has 1 saturated carbocycles. The number of para-hydroxylation sites is 2. The number of ether oxygens (including phenoxy) is 1. The zero-order valence-electron chi connectivity index (χ0n) is 20.2.